The summed E-state index contributed by atoms with van der Waals surface area (Å²) in [4.78, 5) is 9.69. The van der Waals surface area contributed by atoms with Crippen molar-refractivity contribution < 1.29 is 17.9 Å². The molecule has 2 heterocycles. The number of halogens is 3. The molecule has 5 nitrogen and oxygen atoms in total. The number of ether oxygens (including phenoxy) is 1. The maximum Gasteiger partial charge on any atom is 0.416 e. The Kier molecular flexibility index (Phi) is 6.79. The van der Waals surface area contributed by atoms with E-state index in [1.165, 1.54) is 12.1 Å². The zero-order chi connectivity index (χ0) is 20.9. The maximum absolute atomic E-state index is 13.2. The van der Waals surface area contributed by atoms with Crippen LogP contribution in [0.15, 0.2) is 35.5 Å². The van der Waals surface area contributed by atoms with Crippen LogP contribution < -0.4 is 10.6 Å². The Hall–Kier alpha value is -2.13. The second-order valence-corrected chi connectivity index (χ2v) is 8.43. The second-order valence-electron chi connectivity index (χ2n) is 7.12. The van der Waals surface area contributed by atoms with E-state index in [1.807, 2.05) is 13.1 Å². The van der Waals surface area contributed by atoms with Crippen LogP contribution in [0.3, 0.4) is 0 Å². The Balaban J connectivity index is 1.73. The third kappa shape index (κ3) is 5.48. The fourth-order valence-corrected chi connectivity index (χ4v) is 4.20. The summed E-state index contributed by atoms with van der Waals surface area (Å²) in [5, 5.41) is 7.46. The number of rotatable bonds is 5. The Morgan fingerprint density at radius 1 is 1.28 bits per heavy atom. The molecule has 0 bridgehead atoms. The number of benzene rings is 1. The standard InChI is InChI=1S/C20H25F3N4OS/c1-14-11-25-17(29-14)12-26-18(24-2)27-13-19(6-8-28-9-7-19)15-4-3-5-16(10-15)20(21,22)23/h3-5,10-11H,6-9,12-13H2,1-2H3,(H2,24,26,27). The minimum Gasteiger partial charge on any atom is -0.381 e. The zero-order valence-corrected chi connectivity index (χ0v) is 17.3. The highest BCUT2D eigenvalue weighted by Crippen LogP contribution is 2.37. The highest BCUT2D eigenvalue weighted by molar-refractivity contribution is 7.11. The molecule has 1 aromatic heterocycles. The van der Waals surface area contributed by atoms with E-state index >= 15 is 0 Å². The summed E-state index contributed by atoms with van der Waals surface area (Å²) in [5.74, 6) is 0.593. The summed E-state index contributed by atoms with van der Waals surface area (Å²) >= 11 is 1.61. The summed E-state index contributed by atoms with van der Waals surface area (Å²) in [6.45, 7) is 4.04. The number of thiazole rings is 1. The van der Waals surface area contributed by atoms with Crippen LogP contribution >= 0.6 is 11.3 Å². The first kappa shape index (κ1) is 21.6. The molecule has 158 valence electrons. The van der Waals surface area contributed by atoms with E-state index in [1.54, 1.807) is 24.5 Å². The van der Waals surface area contributed by atoms with Crippen LogP contribution in [0.4, 0.5) is 13.2 Å². The van der Waals surface area contributed by atoms with Crippen LogP contribution in [0.1, 0.15) is 33.9 Å². The van der Waals surface area contributed by atoms with E-state index in [0.29, 0.717) is 50.7 Å². The lowest BCUT2D eigenvalue weighted by Crippen LogP contribution is -2.48. The van der Waals surface area contributed by atoms with Crippen LogP contribution in [0.2, 0.25) is 0 Å². The molecule has 1 aliphatic heterocycles. The molecule has 0 atom stereocenters. The molecule has 2 N–H and O–H groups in total. The van der Waals surface area contributed by atoms with Gasteiger partial charge >= 0.3 is 6.18 Å². The fraction of sp³-hybridized carbons (Fsp3) is 0.500. The normalized spacial score (nSPS) is 17.2. The second kappa shape index (κ2) is 9.13. The first-order valence-electron chi connectivity index (χ1n) is 9.44. The molecule has 1 fully saturated rings. The Labute approximate surface area is 172 Å². The summed E-state index contributed by atoms with van der Waals surface area (Å²) < 4.78 is 45.1. The molecule has 9 heteroatoms. The van der Waals surface area contributed by atoms with E-state index in [-0.39, 0.29) is 0 Å². The van der Waals surface area contributed by atoms with Crippen LogP contribution in [-0.4, -0.2) is 37.7 Å². The van der Waals surface area contributed by atoms with Crippen molar-refractivity contribution in [3.8, 4) is 0 Å². The van der Waals surface area contributed by atoms with Crippen molar-refractivity contribution in [3.05, 3.63) is 51.5 Å². The van der Waals surface area contributed by atoms with Gasteiger partial charge in [-0.05, 0) is 31.4 Å². The van der Waals surface area contributed by atoms with Gasteiger partial charge in [0, 0.05) is 43.3 Å². The Bertz CT molecular complexity index is 844. The van der Waals surface area contributed by atoms with Crippen molar-refractivity contribution in [1.29, 1.82) is 0 Å². The van der Waals surface area contributed by atoms with Gasteiger partial charge in [-0.3, -0.25) is 4.99 Å². The van der Waals surface area contributed by atoms with Gasteiger partial charge in [-0.1, -0.05) is 18.2 Å². The smallest absolute Gasteiger partial charge is 0.381 e. The van der Waals surface area contributed by atoms with E-state index < -0.39 is 17.2 Å². The molecule has 3 rings (SSSR count). The molecule has 29 heavy (non-hydrogen) atoms. The van der Waals surface area contributed by atoms with Gasteiger partial charge in [-0.2, -0.15) is 13.2 Å². The van der Waals surface area contributed by atoms with E-state index in [9.17, 15) is 13.2 Å². The number of aromatic nitrogens is 1. The summed E-state index contributed by atoms with van der Waals surface area (Å²) in [6.07, 6.45) is -1.25. The molecule has 2 aromatic rings. The van der Waals surface area contributed by atoms with Crippen LogP contribution in [0.5, 0.6) is 0 Å². The van der Waals surface area contributed by atoms with Crippen molar-refractivity contribution in [2.45, 2.75) is 37.9 Å². The van der Waals surface area contributed by atoms with E-state index in [0.717, 1.165) is 16.0 Å². The van der Waals surface area contributed by atoms with Crippen LogP contribution in [0.25, 0.3) is 0 Å². The number of alkyl halides is 3. The van der Waals surface area contributed by atoms with Gasteiger partial charge in [0.05, 0.1) is 12.1 Å². The molecule has 1 saturated heterocycles. The van der Waals surface area contributed by atoms with Crippen molar-refractivity contribution in [2.24, 2.45) is 4.99 Å². The molecular formula is C20H25F3N4OS. The number of hydrogen-bond donors (Lipinski definition) is 2. The Morgan fingerprint density at radius 2 is 2.03 bits per heavy atom. The predicted octanol–water partition coefficient (Wildman–Crippen LogP) is 3.88. The van der Waals surface area contributed by atoms with Gasteiger partial charge in [-0.25, -0.2) is 4.98 Å². The number of hydrogen-bond acceptors (Lipinski definition) is 4. The number of nitrogens with one attached hydrogen (secondary N) is 2. The minimum absolute atomic E-state index is 0.450. The van der Waals surface area contributed by atoms with Gasteiger partial charge in [-0.15, -0.1) is 11.3 Å². The highest BCUT2D eigenvalue weighted by Gasteiger charge is 2.37. The number of nitrogens with zero attached hydrogens (tertiary/aromatic N) is 2. The highest BCUT2D eigenvalue weighted by atomic mass is 32.1. The zero-order valence-electron chi connectivity index (χ0n) is 16.5. The first-order chi connectivity index (χ1) is 13.8. The monoisotopic (exact) mass is 426 g/mol. The van der Waals surface area contributed by atoms with Gasteiger partial charge in [0.15, 0.2) is 5.96 Å². The molecule has 0 unspecified atom stereocenters. The summed E-state index contributed by atoms with van der Waals surface area (Å²) in [7, 11) is 1.67. The maximum atomic E-state index is 13.2. The lowest BCUT2D eigenvalue weighted by Gasteiger charge is -2.38. The van der Waals surface area contributed by atoms with Crippen molar-refractivity contribution in [3.63, 3.8) is 0 Å². The molecule has 1 aliphatic rings. The largest absolute Gasteiger partial charge is 0.416 e. The lowest BCUT2D eigenvalue weighted by atomic mass is 9.73. The average Bonchev–Trinajstić information content (AvgIpc) is 3.13. The minimum atomic E-state index is -4.36. The van der Waals surface area contributed by atoms with Gasteiger partial charge in [0.25, 0.3) is 0 Å². The lowest BCUT2D eigenvalue weighted by molar-refractivity contribution is -0.137. The van der Waals surface area contributed by atoms with Crippen molar-refractivity contribution in [2.75, 3.05) is 26.8 Å². The van der Waals surface area contributed by atoms with Crippen LogP contribution in [-0.2, 0) is 22.9 Å². The average molecular weight is 427 g/mol. The molecule has 0 spiro atoms. The molecular weight excluding hydrogens is 401 g/mol. The van der Waals surface area contributed by atoms with E-state index in [4.69, 9.17) is 4.74 Å². The number of aryl methyl sites for hydroxylation is 1. The molecule has 0 amide bonds. The molecule has 1 aromatic carbocycles. The molecule has 0 radical (unpaired) electrons. The number of guanidine groups is 1. The van der Waals surface area contributed by atoms with Gasteiger partial charge in [0.1, 0.15) is 5.01 Å². The number of aliphatic imine (C=N–C) groups is 1. The van der Waals surface area contributed by atoms with Gasteiger partial charge < -0.3 is 15.4 Å². The van der Waals surface area contributed by atoms with Crippen LogP contribution in [0, 0.1) is 6.92 Å². The third-order valence-electron chi connectivity index (χ3n) is 5.15. The topological polar surface area (TPSA) is 58.5 Å². The third-order valence-corrected chi connectivity index (χ3v) is 6.06. The Morgan fingerprint density at radius 3 is 2.66 bits per heavy atom. The quantitative estimate of drug-likeness (QED) is 0.563. The van der Waals surface area contributed by atoms with E-state index in [2.05, 4.69) is 20.6 Å². The van der Waals surface area contributed by atoms with Gasteiger partial charge in [0.2, 0.25) is 0 Å². The SMILES string of the molecule is CN=C(NCc1ncc(C)s1)NCC1(c2cccc(C(F)(F)F)c2)CCOCC1. The first-order valence-corrected chi connectivity index (χ1v) is 10.3. The fourth-order valence-electron chi connectivity index (χ4n) is 3.47. The van der Waals surface area contributed by atoms with Crippen molar-refractivity contribution >= 4 is 17.3 Å². The predicted molar refractivity (Wildman–Crippen MR) is 108 cm³/mol. The summed E-state index contributed by atoms with van der Waals surface area (Å²) in [6, 6.07) is 5.63. The summed E-state index contributed by atoms with van der Waals surface area (Å²) in [5.41, 5.74) is -0.397. The van der Waals surface area contributed by atoms with Crippen molar-refractivity contribution in [1.82, 2.24) is 15.6 Å². The molecule has 0 saturated carbocycles. The molecule has 0 aliphatic carbocycles.